The van der Waals surface area contributed by atoms with Gasteiger partial charge in [-0.2, -0.15) is 0 Å². The fourth-order valence-corrected chi connectivity index (χ4v) is 6.61. The van der Waals surface area contributed by atoms with Crippen molar-refractivity contribution >= 4 is 11.6 Å². The zero-order valence-corrected chi connectivity index (χ0v) is 25.3. The number of imidazole rings is 1. The summed E-state index contributed by atoms with van der Waals surface area (Å²) in [6.45, 7) is 8.28. The van der Waals surface area contributed by atoms with E-state index in [1.165, 1.54) is 22.3 Å². The molecule has 42 heavy (non-hydrogen) atoms. The van der Waals surface area contributed by atoms with Crippen LogP contribution >= 0.6 is 0 Å². The Bertz CT molecular complexity index is 1550. The van der Waals surface area contributed by atoms with Crippen LogP contribution in [0.2, 0.25) is 0 Å². The Morgan fingerprint density at radius 3 is 2.43 bits per heavy atom. The second-order valence-electron chi connectivity index (χ2n) is 11.9. The summed E-state index contributed by atoms with van der Waals surface area (Å²) in [7, 11) is 3.45. The first-order valence-electron chi connectivity index (χ1n) is 15.2. The molecule has 1 aliphatic carbocycles. The van der Waals surface area contributed by atoms with Gasteiger partial charge in [-0.05, 0) is 86.2 Å². The summed E-state index contributed by atoms with van der Waals surface area (Å²) in [6.07, 6.45) is 6.42. The molecule has 1 aliphatic heterocycles. The number of hydrogen-bond donors (Lipinski definition) is 0. The van der Waals surface area contributed by atoms with Gasteiger partial charge in [-0.25, -0.2) is 4.98 Å². The van der Waals surface area contributed by atoms with Crippen LogP contribution in [0.15, 0.2) is 60.8 Å². The number of hydrogen-bond acceptors (Lipinski definition) is 5. The predicted molar refractivity (Wildman–Crippen MR) is 167 cm³/mol. The van der Waals surface area contributed by atoms with Gasteiger partial charge in [0.15, 0.2) is 0 Å². The zero-order chi connectivity index (χ0) is 29.2. The molecule has 7 nitrogen and oxygen atoms in total. The minimum absolute atomic E-state index is 0.0965. The summed E-state index contributed by atoms with van der Waals surface area (Å²) < 4.78 is 13.3. The lowest BCUT2D eigenvalue weighted by Gasteiger charge is -2.38. The predicted octanol–water partition coefficient (Wildman–Crippen LogP) is 6.14. The fraction of sp³-hybridized carbons (Fsp3) is 0.429. The van der Waals surface area contributed by atoms with E-state index in [2.05, 4.69) is 76.7 Å². The fourth-order valence-electron chi connectivity index (χ4n) is 6.61. The van der Waals surface area contributed by atoms with E-state index < -0.39 is 0 Å². The van der Waals surface area contributed by atoms with Crippen LogP contribution in [0, 0.1) is 19.8 Å². The molecule has 2 aliphatic rings. The molecule has 1 amide bonds. The second kappa shape index (κ2) is 12.3. The monoisotopic (exact) mass is 566 g/mol. The molecule has 2 aromatic heterocycles. The minimum atomic E-state index is 0.0965. The number of benzene rings is 2. The molecule has 2 fully saturated rings. The van der Waals surface area contributed by atoms with Crippen LogP contribution in [0.4, 0.5) is 0 Å². The van der Waals surface area contributed by atoms with Crippen molar-refractivity contribution in [3.8, 4) is 28.1 Å². The van der Waals surface area contributed by atoms with Crippen molar-refractivity contribution in [2.24, 2.45) is 5.92 Å². The smallest absolute Gasteiger partial charge is 0.225 e. The van der Waals surface area contributed by atoms with Gasteiger partial charge in [0.05, 0.1) is 24.6 Å². The minimum Gasteiger partial charge on any atom is -0.497 e. The number of carbonyl (C=O) groups excluding carboxylic acids is 1. The van der Waals surface area contributed by atoms with Crippen LogP contribution in [0.3, 0.4) is 0 Å². The topological polar surface area (TPSA) is 59.3 Å². The Balaban J connectivity index is 1.28. The maximum atomic E-state index is 13.4. The lowest BCUT2D eigenvalue weighted by atomic mass is 9.86. The molecule has 6 rings (SSSR count). The van der Waals surface area contributed by atoms with Crippen LogP contribution in [-0.2, 0) is 16.1 Å². The summed E-state index contributed by atoms with van der Waals surface area (Å²) in [6, 6.07) is 19.1. The highest BCUT2D eigenvalue weighted by Gasteiger charge is 2.32. The quantitative estimate of drug-likeness (QED) is 0.269. The molecule has 220 valence electrons. The van der Waals surface area contributed by atoms with E-state index >= 15 is 0 Å². The van der Waals surface area contributed by atoms with Crippen LogP contribution in [0.1, 0.15) is 42.5 Å². The number of carbonyl (C=O) groups is 1. The van der Waals surface area contributed by atoms with E-state index in [0.29, 0.717) is 5.91 Å². The molecule has 0 bridgehead atoms. The van der Waals surface area contributed by atoms with E-state index in [1.807, 2.05) is 12.1 Å². The summed E-state index contributed by atoms with van der Waals surface area (Å²) in [5, 5.41) is 0. The largest absolute Gasteiger partial charge is 0.497 e. The first-order chi connectivity index (χ1) is 20.4. The number of fused-ring (bicyclic) bond motifs is 1. The van der Waals surface area contributed by atoms with Gasteiger partial charge in [-0.1, -0.05) is 30.2 Å². The molecule has 7 heteroatoms. The van der Waals surface area contributed by atoms with E-state index in [1.54, 1.807) is 14.2 Å². The molecular formula is C35H42N4O3. The van der Waals surface area contributed by atoms with Crippen LogP contribution in [0.25, 0.3) is 28.0 Å². The van der Waals surface area contributed by atoms with Crippen molar-refractivity contribution in [2.45, 2.75) is 52.2 Å². The highest BCUT2D eigenvalue weighted by molar-refractivity contribution is 5.79. The van der Waals surface area contributed by atoms with E-state index in [9.17, 15) is 4.79 Å². The van der Waals surface area contributed by atoms with E-state index in [-0.39, 0.29) is 12.0 Å². The average molecular weight is 567 g/mol. The maximum Gasteiger partial charge on any atom is 0.225 e. The normalized spacial score (nSPS) is 19.8. The Kier molecular flexibility index (Phi) is 8.31. The molecule has 0 radical (unpaired) electrons. The Hall–Kier alpha value is -3.68. The number of methoxy groups -OCH3 is 2. The number of rotatable bonds is 7. The van der Waals surface area contributed by atoms with Gasteiger partial charge in [-0.3, -0.25) is 9.69 Å². The highest BCUT2D eigenvalue weighted by atomic mass is 16.5. The third kappa shape index (κ3) is 5.81. The van der Waals surface area contributed by atoms with Crippen molar-refractivity contribution in [3.05, 3.63) is 77.6 Å². The molecule has 1 saturated heterocycles. The number of ether oxygens (including phenoxy) is 2. The van der Waals surface area contributed by atoms with Crippen LogP contribution in [0.5, 0.6) is 5.75 Å². The lowest BCUT2D eigenvalue weighted by Crippen LogP contribution is -2.50. The van der Waals surface area contributed by atoms with Crippen molar-refractivity contribution in [1.29, 1.82) is 0 Å². The van der Waals surface area contributed by atoms with Gasteiger partial charge >= 0.3 is 0 Å². The number of pyridine rings is 1. The molecule has 3 heterocycles. The molecule has 2 atom stereocenters. The van der Waals surface area contributed by atoms with Gasteiger partial charge in [0.2, 0.25) is 5.91 Å². The number of piperazine rings is 1. The second-order valence-corrected chi connectivity index (χ2v) is 11.9. The Morgan fingerprint density at radius 1 is 0.929 bits per heavy atom. The lowest BCUT2D eigenvalue weighted by molar-refractivity contribution is -0.140. The standard InChI is InChI=1S/C35H42N4O3/c1-24-8-9-25(2)31(20-24)28-12-15-33-36-34(26-10-13-29(41-3)14-11-26)32(39(33)22-28)23-37-16-18-38(19-17-37)35(40)27-6-5-7-30(21-27)42-4/h8-15,20,22,27,30H,5-7,16-19,21,23H2,1-4H3/t27-,30-/m0/s1. The summed E-state index contributed by atoms with van der Waals surface area (Å²) in [5.41, 5.74) is 9.09. The summed E-state index contributed by atoms with van der Waals surface area (Å²) in [5.74, 6) is 1.24. The van der Waals surface area contributed by atoms with E-state index in [0.717, 1.165) is 86.8 Å². The van der Waals surface area contributed by atoms with Gasteiger partial charge in [-0.15, -0.1) is 0 Å². The molecule has 1 saturated carbocycles. The Morgan fingerprint density at radius 2 is 1.69 bits per heavy atom. The number of aryl methyl sites for hydroxylation is 2. The SMILES string of the molecule is COc1ccc(-c2nc3ccc(-c4cc(C)ccc4C)cn3c2CN2CCN(C(=O)[C@H]3CCC[C@H](OC)C3)CC2)cc1. The average Bonchev–Trinajstić information content (AvgIpc) is 3.39. The van der Waals surface area contributed by atoms with Crippen molar-refractivity contribution < 1.29 is 14.3 Å². The zero-order valence-electron chi connectivity index (χ0n) is 25.3. The first-order valence-corrected chi connectivity index (χ1v) is 15.2. The molecule has 4 aromatic rings. The molecule has 0 spiro atoms. The molecule has 0 N–H and O–H groups in total. The van der Waals surface area contributed by atoms with Crippen LogP contribution in [-0.4, -0.2) is 71.6 Å². The summed E-state index contributed by atoms with van der Waals surface area (Å²) >= 11 is 0. The first kappa shape index (κ1) is 28.4. The highest BCUT2D eigenvalue weighted by Crippen LogP contribution is 2.32. The summed E-state index contributed by atoms with van der Waals surface area (Å²) in [4.78, 5) is 23.0. The van der Waals surface area contributed by atoms with Crippen molar-refractivity contribution in [1.82, 2.24) is 19.2 Å². The molecule has 0 unspecified atom stereocenters. The third-order valence-electron chi connectivity index (χ3n) is 9.15. The molecule has 2 aromatic carbocycles. The van der Waals surface area contributed by atoms with Gasteiger partial charge in [0.1, 0.15) is 11.4 Å². The van der Waals surface area contributed by atoms with Gasteiger partial charge < -0.3 is 18.8 Å². The maximum absolute atomic E-state index is 13.4. The number of aromatic nitrogens is 2. The number of nitrogens with zero attached hydrogens (tertiary/aromatic N) is 4. The third-order valence-corrected chi connectivity index (χ3v) is 9.15. The Labute approximate surface area is 249 Å². The van der Waals surface area contributed by atoms with Crippen molar-refractivity contribution in [3.63, 3.8) is 0 Å². The molecular weight excluding hydrogens is 524 g/mol. The van der Waals surface area contributed by atoms with Gasteiger partial charge in [0, 0.05) is 57.5 Å². The number of amides is 1. The van der Waals surface area contributed by atoms with Crippen molar-refractivity contribution in [2.75, 3.05) is 40.4 Å². The van der Waals surface area contributed by atoms with E-state index in [4.69, 9.17) is 14.5 Å². The van der Waals surface area contributed by atoms with Gasteiger partial charge in [0.25, 0.3) is 0 Å². The van der Waals surface area contributed by atoms with Crippen LogP contribution < -0.4 is 4.74 Å².